The van der Waals surface area contributed by atoms with Crippen molar-refractivity contribution in [3.8, 4) is 17.2 Å². The number of methoxy groups -OCH3 is 3. The highest BCUT2D eigenvalue weighted by Crippen LogP contribution is 2.40. The number of aromatic nitrogens is 1. The van der Waals surface area contributed by atoms with Crippen molar-refractivity contribution in [3.05, 3.63) is 36.2 Å². The number of carbonyl (C=O) groups is 1. The summed E-state index contributed by atoms with van der Waals surface area (Å²) in [6.07, 6.45) is 5.69. The summed E-state index contributed by atoms with van der Waals surface area (Å²) in [5, 5.41) is 2.88. The van der Waals surface area contributed by atoms with Crippen molar-refractivity contribution in [3.63, 3.8) is 0 Å². The molecular formula is C21H27N3O4. The largest absolute Gasteiger partial charge is 0.493 e. The van der Waals surface area contributed by atoms with Crippen molar-refractivity contribution in [1.29, 1.82) is 0 Å². The van der Waals surface area contributed by atoms with Gasteiger partial charge in [0.25, 0.3) is 5.91 Å². The molecule has 2 aromatic rings. The number of pyridine rings is 1. The zero-order chi connectivity index (χ0) is 20.1. The lowest BCUT2D eigenvalue weighted by Crippen LogP contribution is -2.33. The number of nitrogens with one attached hydrogen (secondary N) is 1. The van der Waals surface area contributed by atoms with Gasteiger partial charge in [-0.15, -0.1) is 0 Å². The second-order valence-electron chi connectivity index (χ2n) is 6.97. The van der Waals surface area contributed by atoms with Gasteiger partial charge in [-0.05, 0) is 24.8 Å². The van der Waals surface area contributed by atoms with E-state index < -0.39 is 0 Å². The van der Waals surface area contributed by atoms with Crippen LogP contribution in [0.15, 0.2) is 30.6 Å². The monoisotopic (exact) mass is 385 g/mol. The summed E-state index contributed by atoms with van der Waals surface area (Å²) < 4.78 is 16.0. The summed E-state index contributed by atoms with van der Waals surface area (Å²) in [4.78, 5) is 19.3. The normalized spacial score (nSPS) is 14.5. The van der Waals surface area contributed by atoms with E-state index in [1.165, 1.54) is 21.3 Å². The predicted octanol–water partition coefficient (Wildman–Crippen LogP) is 3.60. The summed E-state index contributed by atoms with van der Waals surface area (Å²) >= 11 is 0. The van der Waals surface area contributed by atoms with Gasteiger partial charge >= 0.3 is 0 Å². The van der Waals surface area contributed by atoms with E-state index in [4.69, 9.17) is 14.2 Å². The number of ether oxygens (including phenoxy) is 3. The fourth-order valence-electron chi connectivity index (χ4n) is 3.35. The maximum Gasteiger partial charge on any atom is 0.257 e. The molecule has 0 spiro atoms. The quantitative estimate of drug-likeness (QED) is 0.819. The Morgan fingerprint density at radius 2 is 1.68 bits per heavy atom. The van der Waals surface area contributed by atoms with Gasteiger partial charge in [0, 0.05) is 37.1 Å². The van der Waals surface area contributed by atoms with Crippen LogP contribution in [-0.2, 0) is 0 Å². The van der Waals surface area contributed by atoms with Crippen LogP contribution in [0.1, 0.15) is 30.1 Å². The van der Waals surface area contributed by atoms with Gasteiger partial charge in [-0.25, -0.2) is 0 Å². The average molecular weight is 385 g/mol. The molecule has 2 heterocycles. The van der Waals surface area contributed by atoms with Gasteiger partial charge in [-0.1, -0.05) is 6.92 Å². The van der Waals surface area contributed by atoms with Gasteiger partial charge in [0.15, 0.2) is 11.5 Å². The van der Waals surface area contributed by atoms with E-state index in [1.54, 1.807) is 18.3 Å². The first-order valence-electron chi connectivity index (χ1n) is 9.37. The zero-order valence-electron chi connectivity index (χ0n) is 16.8. The first kappa shape index (κ1) is 19.8. The number of benzene rings is 1. The average Bonchev–Trinajstić information content (AvgIpc) is 2.73. The molecule has 1 aliphatic heterocycles. The minimum Gasteiger partial charge on any atom is -0.493 e. The molecule has 1 N–H and O–H groups in total. The van der Waals surface area contributed by atoms with Crippen molar-refractivity contribution in [2.75, 3.05) is 44.6 Å². The molecule has 1 amide bonds. The Kier molecular flexibility index (Phi) is 6.23. The maximum atomic E-state index is 12.8. The molecule has 1 saturated heterocycles. The number of piperidine rings is 1. The lowest BCUT2D eigenvalue weighted by atomic mass is 9.99. The molecule has 7 nitrogen and oxygen atoms in total. The van der Waals surface area contributed by atoms with Gasteiger partial charge in [0.1, 0.15) is 0 Å². The van der Waals surface area contributed by atoms with E-state index in [9.17, 15) is 4.79 Å². The third-order valence-corrected chi connectivity index (χ3v) is 5.06. The zero-order valence-corrected chi connectivity index (χ0v) is 16.8. The summed E-state index contributed by atoms with van der Waals surface area (Å²) in [6.45, 7) is 4.25. The Morgan fingerprint density at radius 1 is 1.04 bits per heavy atom. The van der Waals surface area contributed by atoms with Crippen molar-refractivity contribution >= 4 is 17.3 Å². The van der Waals surface area contributed by atoms with Crippen molar-refractivity contribution in [2.45, 2.75) is 19.8 Å². The number of amides is 1. The molecule has 1 fully saturated rings. The van der Waals surface area contributed by atoms with Gasteiger partial charge in [0.2, 0.25) is 5.75 Å². The summed E-state index contributed by atoms with van der Waals surface area (Å²) in [5.41, 5.74) is 2.03. The third-order valence-electron chi connectivity index (χ3n) is 5.06. The molecule has 1 aliphatic rings. The second-order valence-corrected chi connectivity index (χ2v) is 6.97. The number of anilines is 2. The van der Waals surface area contributed by atoms with Gasteiger partial charge in [-0.3, -0.25) is 9.78 Å². The van der Waals surface area contributed by atoms with Crippen molar-refractivity contribution in [2.24, 2.45) is 5.92 Å². The first-order chi connectivity index (χ1) is 13.5. The Bertz CT molecular complexity index is 807. The van der Waals surface area contributed by atoms with Crippen LogP contribution in [0.25, 0.3) is 0 Å². The molecule has 0 unspecified atom stereocenters. The molecular weight excluding hydrogens is 358 g/mol. The second kappa shape index (κ2) is 8.82. The molecule has 0 saturated carbocycles. The highest BCUT2D eigenvalue weighted by Gasteiger charge is 2.19. The van der Waals surface area contributed by atoms with Crippen molar-refractivity contribution in [1.82, 2.24) is 4.98 Å². The highest BCUT2D eigenvalue weighted by atomic mass is 16.5. The minimum absolute atomic E-state index is 0.242. The highest BCUT2D eigenvalue weighted by molar-refractivity contribution is 6.04. The fraction of sp³-hybridized carbons (Fsp3) is 0.429. The van der Waals surface area contributed by atoms with Crippen LogP contribution in [-0.4, -0.2) is 45.3 Å². The lowest BCUT2D eigenvalue weighted by Gasteiger charge is -2.32. The number of carbonyl (C=O) groups excluding carboxylic acids is 1. The minimum atomic E-state index is -0.242. The van der Waals surface area contributed by atoms with E-state index in [-0.39, 0.29) is 5.91 Å². The Hall–Kier alpha value is -2.96. The Morgan fingerprint density at radius 3 is 2.25 bits per heavy atom. The van der Waals surface area contributed by atoms with Crippen LogP contribution in [0, 0.1) is 5.92 Å². The lowest BCUT2D eigenvalue weighted by molar-refractivity contribution is 0.102. The fourth-order valence-corrected chi connectivity index (χ4v) is 3.35. The maximum absolute atomic E-state index is 12.8. The van der Waals surface area contributed by atoms with Crippen LogP contribution >= 0.6 is 0 Å². The van der Waals surface area contributed by atoms with E-state index in [0.717, 1.165) is 37.5 Å². The topological polar surface area (TPSA) is 72.9 Å². The van der Waals surface area contributed by atoms with Gasteiger partial charge in [0.05, 0.1) is 38.8 Å². The molecule has 0 bridgehead atoms. The van der Waals surface area contributed by atoms with E-state index in [1.807, 2.05) is 12.3 Å². The molecule has 28 heavy (non-hydrogen) atoms. The predicted molar refractivity (Wildman–Crippen MR) is 109 cm³/mol. The number of nitrogens with zero attached hydrogens (tertiary/aromatic N) is 2. The Labute approximate surface area is 165 Å². The van der Waals surface area contributed by atoms with E-state index >= 15 is 0 Å². The molecule has 3 rings (SSSR count). The molecule has 0 radical (unpaired) electrons. The number of rotatable bonds is 6. The van der Waals surface area contributed by atoms with Gasteiger partial charge < -0.3 is 24.4 Å². The van der Waals surface area contributed by atoms with Crippen LogP contribution in [0.3, 0.4) is 0 Å². The standard InChI is InChI=1S/C21H27N3O4/c1-14-5-7-24(8-6-14)17-9-15(12-22-13-17)21(25)23-16-10-18(26-2)20(28-4)19(11-16)27-3/h9-14H,5-8H2,1-4H3,(H,23,25). The molecule has 1 aromatic carbocycles. The van der Waals surface area contributed by atoms with Crippen molar-refractivity contribution < 1.29 is 19.0 Å². The SMILES string of the molecule is COc1cc(NC(=O)c2cncc(N3CCC(C)CC3)c2)cc(OC)c1OC. The summed E-state index contributed by atoms with van der Waals surface area (Å²) in [6, 6.07) is 5.28. The van der Waals surface area contributed by atoms with E-state index in [2.05, 4.69) is 22.1 Å². The van der Waals surface area contributed by atoms with Crippen LogP contribution in [0.5, 0.6) is 17.2 Å². The van der Waals surface area contributed by atoms with Gasteiger partial charge in [-0.2, -0.15) is 0 Å². The molecule has 0 aliphatic carbocycles. The Balaban J connectivity index is 1.79. The molecule has 150 valence electrons. The summed E-state index contributed by atoms with van der Waals surface area (Å²) in [5.74, 6) is 1.94. The molecule has 0 atom stereocenters. The molecule has 1 aromatic heterocycles. The third kappa shape index (κ3) is 4.30. The first-order valence-corrected chi connectivity index (χ1v) is 9.37. The smallest absolute Gasteiger partial charge is 0.257 e. The van der Waals surface area contributed by atoms with Crippen LogP contribution in [0.2, 0.25) is 0 Å². The molecule has 7 heteroatoms. The van der Waals surface area contributed by atoms with E-state index in [0.29, 0.717) is 28.5 Å². The van der Waals surface area contributed by atoms with Crippen LogP contribution < -0.4 is 24.4 Å². The number of hydrogen-bond donors (Lipinski definition) is 1. The number of hydrogen-bond acceptors (Lipinski definition) is 6. The van der Waals surface area contributed by atoms with Crippen LogP contribution in [0.4, 0.5) is 11.4 Å². The summed E-state index contributed by atoms with van der Waals surface area (Å²) in [7, 11) is 4.61.